The van der Waals surface area contributed by atoms with Crippen molar-refractivity contribution < 1.29 is 23.1 Å². The molecule has 0 aliphatic heterocycles. The molecule has 15 heavy (non-hydrogen) atoms. The molecule has 0 saturated carbocycles. The minimum absolute atomic E-state index is 0.0299. The monoisotopic (exact) mass is 216 g/mol. The highest BCUT2D eigenvalue weighted by atomic mass is 19.4. The molecule has 1 aromatic carbocycles. The quantitative estimate of drug-likeness (QED) is 0.469. The van der Waals surface area contributed by atoms with Gasteiger partial charge in [-0.1, -0.05) is 12.1 Å². The zero-order chi connectivity index (χ0) is 11.5. The lowest BCUT2D eigenvalue weighted by molar-refractivity contribution is -0.137. The summed E-state index contributed by atoms with van der Waals surface area (Å²) < 4.78 is 36.8. The Kier molecular flexibility index (Phi) is 3.14. The van der Waals surface area contributed by atoms with Gasteiger partial charge in [0.1, 0.15) is 0 Å². The van der Waals surface area contributed by atoms with Crippen molar-refractivity contribution in [2.75, 3.05) is 0 Å². The van der Waals surface area contributed by atoms with Crippen LogP contribution in [0.3, 0.4) is 0 Å². The van der Waals surface area contributed by atoms with Crippen molar-refractivity contribution in [1.82, 2.24) is 0 Å². The van der Waals surface area contributed by atoms with Gasteiger partial charge in [0.15, 0.2) is 6.29 Å². The Bertz CT molecular complexity index is 394. The maximum atomic E-state index is 12.3. The van der Waals surface area contributed by atoms with Crippen molar-refractivity contribution in [2.24, 2.45) is 0 Å². The van der Waals surface area contributed by atoms with Gasteiger partial charge in [0.2, 0.25) is 0 Å². The maximum Gasteiger partial charge on any atom is 0.416 e. The zero-order valence-electron chi connectivity index (χ0n) is 7.45. The molecule has 0 atom stereocenters. The normalized spacial score (nSPS) is 12.6. The fourth-order valence-corrected chi connectivity index (χ4v) is 1.05. The third-order valence-corrected chi connectivity index (χ3v) is 1.79. The fourth-order valence-electron chi connectivity index (χ4n) is 1.05. The van der Waals surface area contributed by atoms with E-state index in [9.17, 15) is 18.0 Å². The van der Waals surface area contributed by atoms with E-state index in [1.807, 2.05) is 0 Å². The summed E-state index contributed by atoms with van der Waals surface area (Å²) in [7, 11) is 0. The van der Waals surface area contributed by atoms with Crippen LogP contribution >= 0.6 is 0 Å². The average Bonchev–Trinajstić information content (AvgIpc) is 2.19. The topological polar surface area (TPSA) is 37.3 Å². The van der Waals surface area contributed by atoms with E-state index in [-0.39, 0.29) is 17.4 Å². The number of aliphatic hydroxyl groups is 1. The predicted molar refractivity (Wildman–Crippen MR) is 48.1 cm³/mol. The number of aldehydes is 1. The van der Waals surface area contributed by atoms with Gasteiger partial charge in [-0.15, -0.1) is 0 Å². The average molecular weight is 216 g/mol. The molecule has 0 radical (unpaired) electrons. The number of carbonyl (C=O) groups excluding carboxylic acids is 1. The van der Waals surface area contributed by atoms with Gasteiger partial charge in [-0.2, -0.15) is 13.2 Å². The highest BCUT2D eigenvalue weighted by Crippen LogP contribution is 2.30. The molecule has 0 spiro atoms. The molecule has 0 fully saturated rings. The highest BCUT2D eigenvalue weighted by Gasteiger charge is 2.30. The summed E-state index contributed by atoms with van der Waals surface area (Å²) in [5.74, 6) is 0. The fraction of sp³-hybridized carbons (Fsp3) is 0.100. The second kappa shape index (κ2) is 4.16. The molecule has 0 unspecified atom stereocenters. The van der Waals surface area contributed by atoms with E-state index in [0.29, 0.717) is 6.26 Å². The Balaban J connectivity index is 3.19. The van der Waals surface area contributed by atoms with Crippen LogP contribution in [0.2, 0.25) is 0 Å². The summed E-state index contributed by atoms with van der Waals surface area (Å²) in [5, 5.41) is 8.60. The standard InChI is InChI=1S/C10H7F3O2/c11-10(12,13)9-3-1-2-7(4-9)8(5-14)6-15/h1-6,14H/b8-5-. The minimum atomic E-state index is -4.46. The molecule has 0 amide bonds. The second-order valence-corrected chi connectivity index (χ2v) is 2.78. The van der Waals surface area contributed by atoms with Gasteiger partial charge < -0.3 is 5.11 Å². The third-order valence-electron chi connectivity index (χ3n) is 1.79. The number of halogens is 3. The number of hydrogen-bond acceptors (Lipinski definition) is 2. The first-order valence-corrected chi connectivity index (χ1v) is 3.96. The predicted octanol–water partition coefficient (Wildman–Crippen LogP) is 2.80. The van der Waals surface area contributed by atoms with Crippen molar-refractivity contribution in [3.63, 3.8) is 0 Å². The largest absolute Gasteiger partial charge is 0.515 e. The van der Waals surface area contributed by atoms with Crippen LogP contribution in [0.1, 0.15) is 11.1 Å². The van der Waals surface area contributed by atoms with E-state index in [1.54, 1.807) is 0 Å². The molecule has 5 heteroatoms. The molecule has 80 valence electrons. The molecule has 0 saturated heterocycles. The lowest BCUT2D eigenvalue weighted by Crippen LogP contribution is -2.05. The van der Waals surface area contributed by atoms with Gasteiger partial charge in [0.25, 0.3) is 0 Å². The summed E-state index contributed by atoms with van der Waals surface area (Å²) in [6, 6.07) is 4.18. The number of carbonyl (C=O) groups is 1. The third kappa shape index (κ3) is 2.59. The first kappa shape index (κ1) is 11.3. The van der Waals surface area contributed by atoms with E-state index in [4.69, 9.17) is 5.11 Å². The van der Waals surface area contributed by atoms with E-state index in [2.05, 4.69) is 0 Å². The summed E-state index contributed by atoms with van der Waals surface area (Å²) in [5.41, 5.74) is -1.02. The second-order valence-electron chi connectivity index (χ2n) is 2.78. The van der Waals surface area contributed by atoms with Crippen LogP contribution < -0.4 is 0 Å². The van der Waals surface area contributed by atoms with Crippen molar-refractivity contribution in [3.05, 3.63) is 41.7 Å². The van der Waals surface area contributed by atoms with E-state index >= 15 is 0 Å². The van der Waals surface area contributed by atoms with Crippen molar-refractivity contribution in [1.29, 1.82) is 0 Å². The van der Waals surface area contributed by atoms with E-state index < -0.39 is 11.7 Å². The molecule has 0 bridgehead atoms. The van der Waals surface area contributed by atoms with Gasteiger partial charge in [-0.05, 0) is 17.7 Å². The highest BCUT2D eigenvalue weighted by molar-refractivity contribution is 6.06. The number of benzene rings is 1. The van der Waals surface area contributed by atoms with Gasteiger partial charge in [0, 0.05) is 0 Å². The number of rotatable bonds is 2. The smallest absolute Gasteiger partial charge is 0.416 e. The van der Waals surface area contributed by atoms with Crippen LogP contribution in [0.5, 0.6) is 0 Å². The number of alkyl halides is 3. The van der Waals surface area contributed by atoms with E-state index in [1.165, 1.54) is 12.1 Å². The van der Waals surface area contributed by atoms with Crippen molar-refractivity contribution in [2.45, 2.75) is 6.18 Å². The zero-order valence-corrected chi connectivity index (χ0v) is 7.45. The number of aliphatic hydroxyl groups excluding tert-OH is 1. The number of hydrogen-bond donors (Lipinski definition) is 1. The van der Waals surface area contributed by atoms with Gasteiger partial charge >= 0.3 is 6.18 Å². The summed E-state index contributed by atoms with van der Waals surface area (Å²) in [4.78, 5) is 10.4. The summed E-state index contributed by atoms with van der Waals surface area (Å²) in [6.45, 7) is 0. The molecule has 0 aliphatic rings. The Hall–Kier alpha value is -1.78. The van der Waals surface area contributed by atoms with Crippen molar-refractivity contribution in [3.8, 4) is 0 Å². The van der Waals surface area contributed by atoms with Crippen LogP contribution in [0.25, 0.3) is 5.57 Å². The van der Waals surface area contributed by atoms with Crippen LogP contribution in [-0.2, 0) is 11.0 Å². The summed E-state index contributed by atoms with van der Waals surface area (Å²) in [6.07, 6.45) is -3.70. The van der Waals surface area contributed by atoms with E-state index in [0.717, 1.165) is 12.1 Å². The molecular formula is C10H7F3O2. The Morgan fingerprint density at radius 3 is 2.47 bits per heavy atom. The molecule has 0 heterocycles. The molecule has 2 nitrogen and oxygen atoms in total. The molecule has 1 N–H and O–H groups in total. The van der Waals surface area contributed by atoms with Gasteiger partial charge in [0.05, 0.1) is 17.4 Å². The molecule has 1 rings (SSSR count). The Labute approximate surface area is 83.7 Å². The SMILES string of the molecule is O=C/C(=C/O)c1cccc(C(F)(F)F)c1. The Morgan fingerprint density at radius 1 is 1.33 bits per heavy atom. The maximum absolute atomic E-state index is 12.3. The van der Waals surface area contributed by atoms with Crippen molar-refractivity contribution >= 4 is 11.9 Å². The van der Waals surface area contributed by atoms with Crippen LogP contribution in [0.4, 0.5) is 13.2 Å². The van der Waals surface area contributed by atoms with Crippen LogP contribution in [0.15, 0.2) is 30.5 Å². The van der Waals surface area contributed by atoms with Gasteiger partial charge in [-0.3, -0.25) is 4.79 Å². The van der Waals surface area contributed by atoms with Crippen LogP contribution in [0, 0.1) is 0 Å². The lowest BCUT2D eigenvalue weighted by Gasteiger charge is -2.07. The first-order valence-electron chi connectivity index (χ1n) is 3.96. The minimum Gasteiger partial charge on any atom is -0.515 e. The lowest BCUT2D eigenvalue weighted by atomic mass is 10.1. The summed E-state index contributed by atoms with van der Waals surface area (Å²) >= 11 is 0. The Morgan fingerprint density at radius 2 is 2.00 bits per heavy atom. The molecule has 1 aromatic rings. The molecule has 0 aliphatic carbocycles. The van der Waals surface area contributed by atoms with Crippen LogP contribution in [-0.4, -0.2) is 11.4 Å². The first-order chi connectivity index (χ1) is 6.99. The number of allylic oxidation sites excluding steroid dienone is 1. The molecular weight excluding hydrogens is 209 g/mol. The van der Waals surface area contributed by atoms with Gasteiger partial charge in [-0.25, -0.2) is 0 Å². The molecule has 0 aromatic heterocycles.